The molecule has 1 fully saturated rings. The maximum absolute atomic E-state index is 11.2. The molecule has 108 valence electrons. The van der Waals surface area contributed by atoms with Gasteiger partial charge in [-0.1, -0.05) is 19.3 Å². The zero-order chi connectivity index (χ0) is 14.5. The molecule has 1 heterocycles. The van der Waals surface area contributed by atoms with Gasteiger partial charge >= 0.3 is 5.69 Å². The number of rotatable bonds is 0. The van der Waals surface area contributed by atoms with Gasteiger partial charge in [-0.3, -0.25) is 9.78 Å². The Balaban J connectivity index is 0.000000178. The number of H-pyrrole nitrogens is 2. The SMILES string of the molecule is NC1CCCCC1.Nc1ccc2c(=O)[nH]c(=O)[nH]c2c1. The molecule has 0 radical (unpaired) electrons. The largest absolute Gasteiger partial charge is 0.399 e. The zero-order valence-corrected chi connectivity index (χ0v) is 11.3. The van der Waals surface area contributed by atoms with E-state index in [1.54, 1.807) is 18.2 Å². The summed E-state index contributed by atoms with van der Waals surface area (Å²) in [6.07, 6.45) is 6.66. The number of benzene rings is 1. The van der Waals surface area contributed by atoms with Gasteiger partial charge in [-0.2, -0.15) is 0 Å². The average molecular weight is 276 g/mol. The van der Waals surface area contributed by atoms with Crippen molar-refractivity contribution in [1.29, 1.82) is 0 Å². The molecule has 1 saturated carbocycles. The van der Waals surface area contributed by atoms with Crippen LogP contribution in [-0.2, 0) is 0 Å². The van der Waals surface area contributed by atoms with Crippen molar-refractivity contribution < 1.29 is 0 Å². The van der Waals surface area contributed by atoms with Gasteiger partial charge in [0, 0.05) is 11.7 Å². The minimum atomic E-state index is -0.525. The Morgan fingerprint density at radius 3 is 2.35 bits per heavy atom. The smallest absolute Gasteiger partial charge is 0.326 e. The maximum atomic E-state index is 11.2. The minimum Gasteiger partial charge on any atom is -0.399 e. The average Bonchev–Trinajstić information content (AvgIpc) is 2.39. The van der Waals surface area contributed by atoms with E-state index >= 15 is 0 Å². The third-order valence-corrected chi connectivity index (χ3v) is 3.41. The molecular weight excluding hydrogens is 256 g/mol. The summed E-state index contributed by atoms with van der Waals surface area (Å²) in [5.74, 6) is 0. The molecule has 3 rings (SSSR count). The molecule has 0 aliphatic heterocycles. The first-order chi connectivity index (χ1) is 9.56. The fraction of sp³-hybridized carbons (Fsp3) is 0.429. The van der Waals surface area contributed by atoms with E-state index in [4.69, 9.17) is 11.5 Å². The zero-order valence-electron chi connectivity index (χ0n) is 11.3. The molecule has 20 heavy (non-hydrogen) atoms. The van der Waals surface area contributed by atoms with Crippen LogP contribution < -0.4 is 22.7 Å². The van der Waals surface area contributed by atoms with Crippen LogP contribution in [0.15, 0.2) is 27.8 Å². The van der Waals surface area contributed by atoms with Gasteiger partial charge in [0.1, 0.15) is 0 Å². The second-order valence-electron chi connectivity index (χ2n) is 5.11. The van der Waals surface area contributed by atoms with Crippen molar-refractivity contribution in [2.75, 3.05) is 5.73 Å². The number of fused-ring (bicyclic) bond motifs is 1. The second-order valence-corrected chi connectivity index (χ2v) is 5.11. The first-order valence-corrected chi connectivity index (χ1v) is 6.83. The molecule has 1 aromatic carbocycles. The van der Waals surface area contributed by atoms with Crippen molar-refractivity contribution in [3.8, 4) is 0 Å². The summed E-state index contributed by atoms with van der Waals surface area (Å²) in [6, 6.07) is 5.26. The monoisotopic (exact) mass is 276 g/mol. The highest BCUT2D eigenvalue weighted by Gasteiger charge is 2.06. The van der Waals surface area contributed by atoms with E-state index in [1.807, 2.05) is 0 Å². The molecule has 1 aliphatic carbocycles. The van der Waals surface area contributed by atoms with Gasteiger partial charge in [0.2, 0.25) is 0 Å². The molecule has 0 bridgehead atoms. The fourth-order valence-electron chi connectivity index (χ4n) is 2.32. The molecule has 6 nitrogen and oxygen atoms in total. The lowest BCUT2D eigenvalue weighted by Crippen LogP contribution is -2.22. The number of anilines is 1. The highest BCUT2D eigenvalue weighted by molar-refractivity contribution is 5.80. The normalized spacial score (nSPS) is 15.7. The summed E-state index contributed by atoms with van der Waals surface area (Å²) in [4.78, 5) is 26.7. The Bertz CT molecular complexity index is 683. The highest BCUT2D eigenvalue weighted by atomic mass is 16.2. The lowest BCUT2D eigenvalue weighted by Gasteiger charge is -2.15. The van der Waals surface area contributed by atoms with Crippen LogP contribution in [0.25, 0.3) is 10.9 Å². The molecule has 0 spiro atoms. The van der Waals surface area contributed by atoms with Crippen molar-refractivity contribution in [3.05, 3.63) is 39.0 Å². The summed E-state index contributed by atoms with van der Waals surface area (Å²) < 4.78 is 0. The molecule has 0 unspecified atom stereocenters. The van der Waals surface area contributed by atoms with E-state index in [-0.39, 0.29) is 0 Å². The van der Waals surface area contributed by atoms with Crippen LogP contribution in [0.3, 0.4) is 0 Å². The topological polar surface area (TPSA) is 118 Å². The number of hydrogen-bond donors (Lipinski definition) is 4. The van der Waals surface area contributed by atoms with Crippen molar-refractivity contribution >= 4 is 16.6 Å². The van der Waals surface area contributed by atoms with Crippen LogP contribution in [0, 0.1) is 0 Å². The quantitative estimate of drug-likeness (QED) is 0.538. The van der Waals surface area contributed by atoms with Gasteiger partial charge < -0.3 is 16.5 Å². The molecule has 1 aromatic heterocycles. The van der Waals surface area contributed by atoms with Crippen molar-refractivity contribution in [3.63, 3.8) is 0 Å². The van der Waals surface area contributed by atoms with E-state index in [2.05, 4.69) is 9.97 Å². The van der Waals surface area contributed by atoms with Gasteiger partial charge in [0.05, 0.1) is 10.9 Å². The van der Waals surface area contributed by atoms with Crippen molar-refractivity contribution in [1.82, 2.24) is 9.97 Å². The highest BCUT2D eigenvalue weighted by Crippen LogP contribution is 2.14. The summed E-state index contributed by atoms with van der Waals surface area (Å²) in [7, 11) is 0. The molecule has 0 atom stereocenters. The molecular formula is C14H20N4O2. The molecule has 0 amide bonds. The van der Waals surface area contributed by atoms with Crippen molar-refractivity contribution in [2.45, 2.75) is 38.1 Å². The van der Waals surface area contributed by atoms with E-state index in [1.165, 1.54) is 32.1 Å². The third-order valence-electron chi connectivity index (χ3n) is 3.41. The first kappa shape index (κ1) is 14.3. The van der Waals surface area contributed by atoms with Crippen molar-refractivity contribution in [2.24, 2.45) is 5.73 Å². The number of aromatic nitrogens is 2. The predicted molar refractivity (Wildman–Crippen MR) is 80.7 cm³/mol. The van der Waals surface area contributed by atoms with Gasteiger partial charge in [0.25, 0.3) is 5.56 Å². The lowest BCUT2D eigenvalue weighted by atomic mass is 9.97. The summed E-state index contributed by atoms with van der Waals surface area (Å²) in [5, 5.41) is 0.425. The number of aromatic amines is 2. The Morgan fingerprint density at radius 1 is 1.05 bits per heavy atom. The molecule has 2 aromatic rings. The lowest BCUT2D eigenvalue weighted by molar-refractivity contribution is 0.441. The number of nitrogens with two attached hydrogens (primary N) is 2. The van der Waals surface area contributed by atoms with Crippen LogP contribution in [0.5, 0.6) is 0 Å². The standard InChI is InChI=1S/C8H7N3O2.C6H13N/c9-4-1-2-5-6(3-4)10-8(13)11-7(5)12;7-6-4-2-1-3-5-6/h1-3H,9H2,(H2,10,11,12,13);6H,1-5,7H2. The van der Waals surface area contributed by atoms with Gasteiger partial charge in [-0.15, -0.1) is 0 Å². The second kappa shape index (κ2) is 6.38. The van der Waals surface area contributed by atoms with Gasteiger partial charge in [-0.05, 0) is 31.0 Å². The predicted octanol–water partition coefficient (Wildman–Crippen LogP) is 1.08. The Kier molecular flexibility index (Phi) is 4.57. The van der Waals surface area contributed by atoms with Gasteiger partial charge in [-0.25, -0.2) is 4.79 Å². The maximum Gasteiger partial charge on any atom is 0.326 e. The minimum absolute atomic E-state index is 0.404. The van der Waals surface area contributed by atoms with Crippen LogP contribution in [0.2, 0.25) is 0 Å². The van der Waals surface area contributed by atoms with E-state index < -0.39 is 11.2 Å². The summed E-state index contributed by atoms with van der Waals surface area (Å²) in [5.41, 5.74) is 11.2. The van der Waals surface area contributed by atoms with Crippen LogP contribution in [0.1, 0.15) is 32.1 Å². The Morgan fingerprint density at radius 2 is 1.75 bits per heavy atom. The summed E-state index contributed by atoms with van der Waals surface area (Å²) in [6.45, 7) is 0. The molecule has 0 saturated heterocycles. The number of hydrogen-bond acceptors (Lipinski definition) is 4. The number of nitrogen functional groups attached to an aromatic ring is 1. The van der Waals surface area contributed by atoms with E-state index in [0.717, 1.165) is 0 Å². The van der Waals surface area contributed by atoms with Crippen LogP contribution in [0.4, 0.5) is 5.69 Å². The van der Waals surface area contributed by atoms with E-state index in [0.29, 0.717) is 22.6 Å². The molecule has 6 N–H and O–H groups in total. The first-order valence-electron chi connectivity index (χ1n) is 6.83. The van der Waals surface area contributed by atoms with E-state index in [9.17, 15) is 9.59 Å². The van der Waals surface area contributed by atoms with Crippen LogP contribution >= 0.6 is 0 Å². The Hall–Kier alpha value is -2.08. The van der Waals surface area contributed by atoms with Crippen LogP contribution in [-0.4, -0.2) is 16.0 Å². The van der Waals surface area contributed by atoms with Gasteiger partial charge in [0.15, 0.2) is 0 Å². The molecule has 1 aliphatic rings. The number of nitrogens with one attached hydrogen (secondary N) is 2. The fourth-order valence-corrected chi connectivity index (χ4v) is 2.32. The Labute approximate surface area is 116 Å². The summed E-state index contributed by atoms with van der Waals surface area (Å²) >= 11 is 0. The molecule has 6 heteroatoms. The third kappa shape index (κ3) is 3.71.